The van der Waals surface area contributed by atoms with Crippen LogP contribution in [0, 0.1) is 0 Å². The van der Waals surface area contributed by atoms with Gasteiger partial charge in [0.2, 0.25) is 0 Å². The number of nitrogens with one attached hydrogen (secondary N) is 2. The average molecular weight is 383 g/mol. The van der Waals surface area contributed by atoms with Crippen molar-refractivity contribution in [3.8, 4) is 17.0 Å². The number of para-hydroxylation sites is 1. The fraction of sp³-hybridized carbons (Fsp3) is 0.150. The Labute approximate surface area is 162 Å². The first-order valence-electron chi connectivity index (χ1n) is 8.46. The van der Waals surface area contributed by atoms with E-state index in [9.17, 15) is 4.79 Å². The van der Waals surface area contributed by atoms with E-state index in [1.165, 1.54) is 0 Å². The number of rotatable bonds is 6. The summed E-state index contributed by atoms with van der Waals surface area (Å²) in [7, 11) is 0. The predicted molar refractivity (Wildman–Crippen MR) is 106 cm³/mol. The molecule has 3 rings (SSSR count). The molecule has 3 aromatic rings. The van der Waals surface area contributed by atoms with E-state index in [1.54, 1.807) is 25.1 Å². The zero-order valence-electron chi connectivity index (χ0n) is 15.0. The Bertz CT molecular complexity index is 964. The van der Waals surface area contributed by atoms with Crippen molar-refractivity contribution in [3.63, 3.8) is 0 Å². The minimum Gasteiger partial charge on any atom is -0.493 e. The van der Waals surface area contributed by atoms with Crippen LogP contribution < -0.4 is 10.2 Å². The zero-order chi connectivity index (χ0) is 19.2. The number of hydrogen-bond acceptors (Lipinski definition) is 4. The Morgan fingerprint density at radius 1 is 1.22 bits per heavy atom. The molecule has 0 aliphatic rings. The standard InChI is InChI=1S/C20H19ClN4O2/c1-3-27-19-7-5-4-6-16(19)17-12-18(24-23-17)20(26)25-22-13(2)14-8-10-15(21)11-9-14/h4-12H,3H2,1-2H3,(H,23,24)(H,25,26)/b22-13+. The van der Waals surface area contributed by atoms with E-state index in [0.29, 0.717) is 28.7 Å². The van der Waals surface area contributed by atoms with Crippen molar-refractivity contribution in [2.45, 2.75) is 13.8 Å². The number of carbonyl (C=O) groups is 1. The van der Waals surface area contributed by atoms with Gasteiger partial charge in [-0.25, -0.2) is 5.43 Å². The number of aromatic amines is 1. The van der Waals surface area contributed by atoms with Crippen molar-refractivity contribution < 1.29 is 9.53 Å². The molecule has 7 heteroatoms. The first kappa shape index (κ1) is 18.7. The van der Waals surface area contributed by atoms with E-state index in [0.717, 1.165) is 16.9 Å². The first-order chi connectivity index (χ1) is 13.1. The number of carbonyl (C=O) groups excluding carboxylic acids is 1. The number of benzene rings is 2. The summed E-state index contributed by atoms with van der Waals surface area (Å²) in [6.07, 6.45) is 0. The van der Waals surface area contributed by atoms with Crippen LogP contribution in [0.2, 0.25) is 5.02 Å². The van der Waals surface area contributed by atoms with Crippen molar-refractivity contribution in [3.05, 3.63) is 70.9 Å². The largest absolute Gasteiger partial charge is 0.493 e. The highest BCUT2D eigenvalue weighted by Crippen LogP contribution is 2.28. The molecule has 0 saturated heterocycles. The normalized spacial score (nSPS) is 11.3. The summed E-state index contributed by atoms with van der Waals surface area (Å²) in [6, 6.07) is 16.4. The predicted octanol–water partition coefficient (Wildman–Crippen LogP) is 4.28. The molecule has 0 aliphatic heterocycles. The van der Waals surface area contributed by atoms with Crippen molar-refractivity contribution in [1.82, 2.24) is 15.6 Å². The Hall–Kier alpha value is -3.12. The van der Waals surface area contributed by atoms with Crippen molar-refractivity contribution in [2.75, 3.05) is 6.61 Å². The molecule has 0 fully saturated rings. The monoisotopic (exact) mass is 382 g/mol. The van der Waals surface area contributed by atoms with Crippen LogP contribution in [-0.2, 0) is 0 Å². The summed E-state index contributed by atoms with van der Waals surface area (Å²) in [5, 5.41) is 11.7. The van der Waals surface area contributed by atoms with Crippen LogP contribution in [0.4, 0.5) is 0 Å². The van der Waals surface area contributed by atoms with Crippen LogP contribution in [0.3, 0.4) is 0 Å². The molecule has 1 heterocycles. The number of amides is 1. The van der Waals surface area contributed by atoms with Gasteiger partial charge in [-0.05, 0) is 49.7 Å². The molecule has 2 aromatic carbocycles. The molecular weight excluding hydrogens is 364 g/mol. The molecule has 0 aliphatic carbocycles. The van der Waals surface area contributed by atoms with Gasteiger partial charge in [-0.15, -0.1) is 0 Å². The lowest BCUT2D eigenvalue weighted by molar-refractivity contribution is 0.0950. The lowest BCUT2D eigenvalue weighted by atomic mass is 10.1. The third kappa shape index (κ3) is 4.54. The number of aromatic nitrogens is 2. The second-order valence-electron chi connectivity index (χ2n) is 5.74. The van der Waals surface area contributed by atoms with E-state index in [4.69, 9.17) is 16.3 Å². The topological polar surface area (TPSA) is 79.4 Å². The van der Waals surface area contributed by atoms with Gasteiger partial charge in [0.05, 0.1) is 18.0 Å². The molecular formula is C20H19ClN4O2. The van der Waals surface area contributed by atoms with Gasteiger partial charge in [0.1, 0.15) is 11.4 Å². The van der Waals surface area contributed by atoms with Crippen LogP contribution in [0.5, 0.6) is 5.75 Å². The number of nitrogens with zero attached hydrogens (tertiary/aromatic N) is 2. The number of hydrogen-bond donors (Lipinski definition) is 2. The molecule has 1 aromatic heterocycles. The fourth-order valence-electron chi connectivity index (χ4n) is 2.49. The zero-order valence-corrected chi connectivity index (χ0v) is 15.7. The van der Waals surface area contributed by atoms with E-state index in [1.807, 2.05) is 43.3 Å². The van der Waals surface area contributed by atoms with Crippen molar-refractivity contribution in [2.24, 2.45) is 5.10 Å². The Morgan fingerprint density at radius 2 is 1.96 bits per heavy atom. The number of halogens is 1. The molecule has 0 bridgehead atoms. The van der Waals surface area contributed by atoms with Gasteiger partial charge in [-0.3, -0.25) is 9.89 Å². The van der Waals surface area contributed by atoms with Gasteiger partial charge in [0.15, 0.2) is 0 Å². The quantitative estimate of drug-likeness (QED) is 0.493. The molecule has 0 saturated carbocycles. The maximum atomic E-state index is 12.3. The minimum absolute atomic E-state index is 0.309. The van der Waals surface area contributed by atoms with Crippen LogP contribution >= 0.6 is 11.6 Å². The van der Waals surface area contributed by atoms with E-state index < -0.39 is 0 Å². The fourth-order valence-corrected chi connectivity index (χ4v) is 2.61. The summed E-state index contributed by atoms with van der Waals surface area (Å²) in [6.45, 7) is 4.27. The molecule has 6 nitrogen and oxygen atoms in total. The Balaban J connectivity index is 1.74. The highest BCUT2D eigenvalue weighted by molar-refractivity contribution is 6.30. The van der Waals surface area contributed by atoms with Gasteiger partial charge < -0.3 is 4.74 Å². The number of H-pyrrole nitrogens is 1. The third-order valence-electron chi connectivity index (χ3n) is 3.87. The second kappa shape index (κ2) is 8.51. The number of ether oxygens (including phenoxy) is 1. The Kier molecular flexibility index (Phi) is 5.88. The van der Waals surface area contributed by atoms with Crippen molar-refractivity contribution >= 4 is 23.2 Å². The summed E-state index contributed by atoms with van der Waals surface area (Å²) >= 11 is 5.88. The van der Waals surface area contributed by atoms with Gasteiger partial charge >= 0.3 is 0 Å². The van der Waals surface area contributed by atoms with Crippen LogP contribution in [0.25, 0.3) is 11.3 Å². The maximum Gasteiger partial charge on any atom is 0.289 e. The Morgan fingerprint density at radius 3 is 2.70 bits per heavy atom. The highest BCUT2D eigenvalue weighted by atomic mass is 35.5. The van der Waals surface area contributed by atoms with Gasteiger partial charge in [0.25, 0.3) is 5.91 Å². The van der Waals surface area contributed by atoms with E-state index in [-0.39, 0.29) is 5.91 Å². The maximum absolute atomic E-state index is 12.3. The smallest absolute Gasteiger partial charge is 0.289 e. The minimum atomic E-state index is -0.379. The average Bonchev–Trinajstić information content (AvgIpc) is 3.17. The van der Waals surface area contributed by atoms with Crippen LogP contribution in [0.15, 0.2) is 59.7 Å². The SMILES string of the molecule is CCOc1ccccc1-c1cc(C(=O)N/N=C(\C)c2ccc(Cl)cc2)[nH]n1. The molecule has 0 radical (unpaired) electrons. The molecule has 2 N–H and O–H groups in total. The summed E-state index contributed by atoms with van der Waals surface area (Å²) in [5.41, 5.74) is 5.82. The molecule has 0 spiro atoms. The van der Waals surface area contributed by atoms with Gasteiger partial charge in [-0.1, -0.05) is 35.9 Å². The van der Waals surface area contributed by atoms with E-state index in [2.05, 4.69) is 20.7 Å². The second-order valence-corrected chi connectivity index (χ2v) is 6.18. The first-order valence-corrected chi connectivity index (χ1v) is 8.84. The third-order valence-corrected chi connectivity index (χ3v) is 4.12. The molecule has 0 unspecified atom stereocenters. The van der Waals surface area contributed by atoms with Crippen molar-refractivity contribution in [1.29, 1.82) is 0 Å². The van der Waals surface area contributed by atoms with Gasteiger partial charge in [-0.2, -0.15) is 10.2 Å². The number of hydrazone groups is 1. The summed E-state index contributed by atoms with van der Waals surface area (Å²) in [5.74, 6) is 0.339. The van der Waals surface area contributed by atoms with Crippen LogP contribution in [0.1, 0.15) is 29.9 Å². The lowest BCUT2D eigenvalue weighted by Crippen LogP contribution is -2.19. The van der Waals surface area contributed by atoms with E-state index >= 15 is 0 Å². The summed E-state index contributed by atoms with van der Waals surface area (Å²) in [4.78, 5) is 12.3. The molecule has 138 valence electrons. The molecule has 27 heavy (non-hydrogen) atoms. The highest BCUT2D eigenvalue weighted by Gasteiger charge is 2.13. The lowest BCUT2D eigenvalue weighted by Gasteiger charge is -2.07. The van der Waals surface area contributed by atoms with Crippen LogP contribution in [-0.4, -0.2) is 28.4 Å². The molecule has 0 atom stereocenters. The van der Waals surface area contributed by atoms with Gasteiger partial charge in [0, 0.05) is 10.6 Å². The summed E-state index contributed by atoms with van der Waals surface area (Å²) < 4.78 is 5.61. The molecule has 1 amide bonds.